The highest BCUT2D eigenvalue weighted by Crippen LogP contribution is 2.28. The normalized spacial score (nSPS) is 10.1. The molecule has 1 N–H and O–H groups in total. The van der Waals surface area contributed by atoms with Crippen molar-refractivity contribution in [3.05, 3.63) is 47.5 Å². The summed E-state index contributed by atoms with van der Waals surface area (Å²) in [6.07, 6.45) is 2.57. The number of hydrogen-bond acceptors (Lipinski definition) is 5. The fraction of sp³-hybridized carbons (Fsp3) is 0.250. The molecule has 6 heteroatoms. The van der Waals surface area contributed by atoms with Gasteiger partial charge in [0.25, 0.3) is 5.91 Å². The number of ether oxygens (including phenoxy) is 2. The van der Waals surface area contributed by atoms with Crippen LogP contribution in [0.4, 0.5) is 5.13 Å². The molecule has 5 nitrogen and oxygen atoms in total. The van der Waals surface area contributed by atoms with Crippen molar-refractivity contribution in [2.45, 2.75) is 13.3 Å². The number of benzene rings is 1. The summed E-state index contributed by atoms with van der Waals surface area (Å²) in [4.78, 5) is 16.0. The lowest BCUT2D eigenvalue weighted by atomic mass is 10.1. The molecular formula is C16H18N2O3S. The molecule has 0 unspecified atom stereocenters. The maximum absolute atomic E-state index is 11.8. The van der Waals surface area contributed by atoms with E-state index < -0.39 is 0 Å². The molecule has 0 aliphatic carbocycles. The molecule has 0 radical (unpaired) electrons. The third-order valence-corrected chi connectivity index (χ3v) is 3.71. The highest BCUT2D eigenvalue weighted by atomic mass is 32.1. The zero-order chi connectivity index (χ0) is 15.9. The van der Waals surface area contributed by atoms with E-state index in [1.54, 1.807) is 13.2 Å². The third kappa shape index (κ3) is 4.33. The Kier molecular flexibility index (Phi) is 5.55. The Bertz CT molecular complexity index is 667. The van der Waals surface area contributed by atoms with Crippen LogP contribution in [0.1, 0.15) is 11.3 Å². The SMILES string of the molecule is C=CCc1ccc(OCC(=O)Nc2nc(C)cs2)c(OC)c1. The quantitative estimate of drug-likeness (QED) is 0.796. The van der Waals surface area contributed by atoms with Crippen LogP contribution in [0.15, 0.2) is 36.2 Å². The van der Waals surface area contributed by atoms with Gasteiger partial charge in [-0.05, 0) is 31.0 Å². The van der Waals surface area contributed by atoms with Crippen molar-refractivity contribution in [3.8, 4) is 11.5 Å². The number of rotatable bonds is 7. The smallest absolute Gasteiger partial charge is 0.264 e. The summed E-state index contributed by atoms with van der Waals surface area (Å²) in [6.45, 7) is 5.48. The van der Waals surface area contributed by atoms with Gasteiger partial charge in [0.1, 0.15) is 0 Å². The Morgan fingerprint density at radius 2 is 2.27 bits per heavy atom. The highest BCUT2D eigenvalue weighted by Gasteiger charge is 2.10. The first-order valence-electron chi connectivity index (χ1n) is 6.75. The summed E-state index contributed by atoms with van der Waals surface area (Å²) in [5.74, 6) is 0.865. The molecule has 2 aromatic rings. The number of anilines is 1. The van der Waals surface area contributed by atoms with E-state index in [1.807, 2.05) is 30.5 Å². The second kappa shape index (κ2) is 7.61. The van der Waals surface area contributed by atoms with Crippen LogP contribution in [0.2, 0.25) is 0 Å². The highest BCUT2D eigenvalue weighted by molar-refractivity contribution is 7.13. The van der Waals surface area contributed by atoms with Gasteiger partial charge in [-0.1, -0.05) is 12.1 Å². The van der Waals surface area contributed by atoms with Crippen LogP contribution in [0.3, 0.4) is 0 Å². The lowest BCUT2D eigenvalue weighted by Crippen LogP contribution is -2.20. The number of thiazole rings is 1. The van der Waals surface area contributed by atoms with Gasteiger partial charge in [0.15, 0.2) is 23.2 Å². The first-order chi connectivity index (χ1) is 10.6. The van der Waals surface area contributed by atoms with Crippen LogP contribution in [0.25, 0.3) is 0 Å². The van der Waals surface area contributed by atoms with Crippen molar-refractivity contribution in [1.29, 1.82) is 0 Å². The van der Waals surface area contributed by atoms with Gasteiger partial charge in [0.05, 0.1) is 12.8 Å². The Morgan fingerprint density at radius 3 is 2.91 bits per heavy atom. The number of aryl methyl sites for hydroxylation is 1. The molecule has 1 aromatic carbocycles. The molecule has 0 saturated carbocycles. The van der Waals surface area contributed by atoms with Gasteiger partial charge < -0.3 is 9.47 Å². The van der Waals surface area contributed by atoms with Gasteiger partial charge in [-0.3, -0.25) is 10.1 Å². The van der Waals surface area contributed by atoms with E-state index in [4.69, 9.17) is 9.47 Å². The predicted octanol–water partition coefficient (Wildman–Crippen LogP) is 3.21. The molecule has 0 aliphatic rings. The fourth-order valence-electron chi connectivity index (χ4n) is 1.83. The van der Waals surface area contributed by atoms with Crippen LogP contribution < -0.4 is 14.8 Å². The molecule has 1 aromatic heterocycles. The van der Waals surface area contributed by atoms with Crippen molar-refractivity contribution in [3.63, 3.8) is 0 Å². The summed E-state index contributed by atoms with van der Waals surface area (Å²) in [5, 5.41) is 5.13. The number of nitrogens with one attached hydrogen (secondary N) is 1. The van der Waals surface area contributed by atoms with E-state index >= 15 is 0 Å². The standard InChI is InChI=1S/C16H18N2O3S/c1-4-5-12-6-7-13(14(8-12)20-3)21-9-15(19)18-16-17-11(2)10-22-16/h4,6-8,10H,1,5,9H2,2-3H3,(H,17,18,19). The predicted molar refractivity (Wildman–Crippen MR) is 87.9 cm³/mol. The van der Waals surface area contributed by atoms with Crippen LogP contribution in [-0.2, 0) is 11.2 Å². The number of aromatic nitrogens is 1. The molecule has 116 valence electrons. The van der Waals surface area contributed by atoms with Gasteiger partial charge in [0.2, 0.25) is 0 Å². The zero-order valence-corrected chi connectivity index (χ0v) is 13.4. The average Bonchev–Trinajstić information content (AvgIpc) is 2.91. The first-order valence-corrected chi connectivity index (χ1v) is 7.63. The molecule has 0 fully saturated rings. The molecule has 0 bridgehead atoms. The van der Waals surface area contributed by atoms with E-state index in [0.29, 0.717) is 16.6 Å². The van der Waals surface area contributed by atoms with Crippen molar-refractivity contribution in [2.75, 3.05) is 19.0 Å². The van der Waals surface area contributed by atoms with Gasteiger partial charge in [0, 0.05) is 5.38 Å². The number of amides is 1. The van der Waals surface area contributed by atoms with Crippen LogP contribution in [0.5, 0.6) is 11.5 Å². The summed E-state index contributed by atoms with van der Waals surface area (Å²) in [5.41, 5.74) is 1.95. The molecule has 0 spiro atoms. The number of nitrogens with zero attached hydrogens (tertiary/aromatic N) is 1. The lowest BCUT2D eigenvalue weighted by Gasteiger charge is -2.11. The molecular weight excluding hydrogens is 300 g/mol. The fourth-order valence-corrected chi connectivity index (χ4v) is 2.54. The minimum atomic E-state index is -0.258. The van der Waals surface area contributed by atoms with E-state index in [2.05, 4.69) is 16.9 Å². The van der Waals surface area contributed by atoms with E-state index in [9.17, 15) is 4.79 Å². The number of hydrogen-bond donors (Lipinski definition) is 1. The maximum atomic E-state index is 11.8. The number of methoxy groups -OCH3 is 1. The van der Waals surface area contributed by atoms with Gasteiger partial charge in [-0.2, -0.15) is 0 Å². The number of carbonyl (C=O) groups is 1. The van der Waals surface area contributed by atoms with Crippen LogP contribution >= 0.6 is 11.3 Å². The molecule has 1 amide bonds. The maximum Gasteiger partial charge on any atom is 0.264 e. The summed E-state index contributed by atoms with van der Waals surface area (Å²) in [6, 6.07) is 5.58. The van der Waals surface area contributed by atoms with Crippen molar-refractivity contribution in [1.82, 2.24) is 4.98 Å². The molecule has 0 atom stereocenters. The van der Waals surface area contributed by atoms with Crippen molar-refractivity contribution in [2.24, 2.45) is 0 Å². The Hall–Kier alpha value is -2.34. The average molecular weight is 318 g/mol. The first kappa shape index (κ1) is 16.0. The Morgan fingerprint density at radius 1 is 1.45 bits per heavy atom. The second-order valence-corrected chi connectivity index (χ2v) is 5.47. The Labute approximate surface area is 133 Å². The molecule has 1 heterocycles. The van der Waals surface area contributed by atoms with Gasteiger partial charge in [-0.15, -0.1) is 17.9 Å². The van der Waals surface area contributed by atoms with E-state index in [0.717, 1.165) is 17.7 Å². The van der Waals surface area contributed by atoms with Crippen molar-refractivity contribution < 1.29 is 14.3 Å². The van der Waals surface area contributed by atoms with Crippen LogP contribution in [0, 0.1) is 6.92 Å². The van der Waals surface area contributed by atoms with Crippen LogP contribution in [-0.4, -0.2) is 24.6 Å². The third-order valence-electron chi connectivity index (χ3n) is 2.83. The largest absolute Gasteiger partial charge is 0.493 e. The molecule has 2 rings (SSSR count). The molecule has 22 heavy (non-hydrogen) atoms. The zero-order valence-electron chi connectivity index (χ0n) is 12.6. The van der Waals surface area contributed by atoms with Gasteiger partial charge in [-0.25, -0.2) is 4.98 Å². The molecule has 0 saturated heterocycles. The monoisotopic (exact) mass is 318 g/mol. The minimum absolute atomic E-state index is 0.101. The molecule has 0 aliphatic heterocycles. The van der Waals surface area contributed by atoms with Gasteiger partial charge >= 0.3 is 0 Å². The lowest BCUT2D eigenvalue weighted by molar-refractivity contribution is -0.118. The summed E-state index contributed by atoms with van der Waals surface area (Å²) in [7, 11) is 1.57. The van der Waals surface area contributed by atoms with E-state index in [-0.39, 0.29) is 12.5 Å². The summed E-state index contributed by atoms with van der Waals surface area (Å²) < 4.78 is 10.8. The van der Waals surface area contributed by atoms with E-state index in [1.165, 1.54) is 11.3 Å². The summed E-state index contributed by atoms with van der Waals surface area (Å²) >= 11 is 1.38. The topological polar surface area (TPSA) is 60.5 Å². The number of allylic oxidation sites excluding steroid dienone is 1. The Balaban J connectivity index is 1.95. The minimum Gasteiger partial charge on any atom is -0.493 e. The second-order valence-electron chi connectivity index (χ2n) is 4.61. The number of carbonyl (C=O) groups excluding carboxylic acids is 1. The van der Waals surface area contributed by atoms with Crippen molar-refractivity contribution >= 4 is 22.4 Å².